The van der Waals surface area contributed by atoms with Crippen LogP contribution in [0.5, 0.6) is 0 Å². The first kappa shape index (κ1) is 18.4. The van der Waals surface area contributed by atoms with Crippen molar-refractivity contribution < 1.29 is 9.90 Å². The molecule has 7 nitrogen and oxygen atoms in total. The van der Waals surface area contributed by atoms with E-state index in [0.717, 1.165) is 36.9 Å². The molecular weight excluding hydrogens is 358 g/mol. The van der Waals surface area contributed by atoms with E-state index in [9.17, 15) is 19.5 Å². The van der Waals surface area contributed by atoms with Crippen molar-refractivity contribution in [2.24, 2.45) is 0 Å². The summed E-state index contributed by atoms with van der Waals surface area (Å²) < 4.78 is 0.965. The number of carboxylic acid groups (broad SMARTS) is 1. The summed E-state index contributed by atoms with van der Waals surface area (Å²) in [4.78, 5) is 41.5. The van der Waals surface area contributed by atoms with Gasteiger partial charge in [0, 0.05) is 11.6 Å². The number of hydrogen-bond donors (Lipinski definition) is 2. The van der Waals surface area contributed by atoms with Crippen LogP contribution < -0.4 is 11.2 Å². The summed E-state index contributed by atoms with van der Waals surface area (Å²) in [5.74, 6) is -1.32. The standard InChI is InChI=1S/C18H20ClN3O4/c1-11-13(19)6-5-7-14(11)22-16(23)12(10-21-8-3-2-4-9-21)15(17(24)25)20-18(22)26/h5-7H,2-4,8-10H2,1H3,(H,20,26)(H,24,25). The van der Waals surface area contributed by atoms with Crippen LogP contribution in [0.4, 0.5) is 0 Å². The molecule has 0 unspecified atom stereocenters. The molecule has 8 heteroatoms. The molecule has 0 spiro atoms. The molecule has 0 radical (unpaired) electrons. The summed E-state index contributed by atoms with van der Waals surface area (Å²) in [5.41, 5.74) is -0.753. The first-order valence-corrected chi connectivity index (χ1v) is 8.87. The summed E-state index contributed by atoms with van der Waals surface area (Å²) in [7, 11) is 0. The Morgan fingerprint density at radius 3 is 2.58 bits per heavy atom. The van der Waals surface area contributed by atoms with Gasteiger partial charge >= 0.3 is 11.7 Å². The van der Waals surface area contributed by atoms with Crippen LogP contribution >= 0.6 is 11.6 Å². The molecule has 0 atom stereocenters. The molecule has 1 aromatic carbocycles. The predicted molar refractivity (Wildman–Crippen MR) is 98.5 cm³/mol. The van der Waals surface area contributed by atoms with Crippen LogP contribution in [0, 0.1) is 6.92 Å². The first-order chi connectivity index (χ1) is 12.4. The highest BCUT2D eigenvalue weighted by molar-refractivity contribution is 6.31. The zero-order valence-electron chi connectivity index (χ0n) is 14.4. The van der Waals surface area contributed by atoms with Gasteiger partial charge in [-0.3, -0.25) is 9.69 Å². The molecule has 0 saturated carbocycles. The van der Waals surface area contributed by atoms with E-state index in [2.05, 4.69) is 4.98 Å². The van der Waals surface area contributed by atoms with Gasteiger partial charge < -0.3 is 10.1 Å². The summed E-state index contributed by atoms with van der Waals surface area (Å²) in [6, 6.07) is 4.93. The summed E-state index contributed by atoms with van der Waals surface area (Å²) in [6.45, 7) is 3.50. The Bertz CT molecular complexity index is 958. The minimum atomic E-state index is -1.32. The predicted octanol–water partition coefficient (Wildman–Crippen LogP) is 2.17. The van der Waals surface area contributed by atoms with Crippen LogP contribution in [0.3, 0.4) is 0 Å². The van der Waals surface area contributed by atoms with Crippen molar-refractivity contribution in [1.29, 1.82) is 0 Å². The quantitative estimate of drug-likeness (QED) is 0.851. The maximum atomic E-state index is 13.1. The van der Waals surface area contributed by atoms with Crippen LogP contribution in [0.2, 0.25) is 5.02 Å². The number of piperidine rings is 1. The number of nitrogens with zero attached hydrogens (tertiary/aromatic N) is 2. The van der Waals surface area contributed by atoms with Crippen LogP contribution in [-0.4, -0.2) is 38.6 Å². The zero-order chi connectivity index (χ0) is 18.8. The number of nitrogens with one attached hydrogen (secondary N) is 1. The number of hydrogen-bond acceptors (Lipinski definition) is 4. The van der Waals surface area contributed by atoms with Gasteiger partial charge in [-0.15, -0.1) is 0 Å². The number of H-pyrrole nitrogens is 1. The first-order valence-electron chi connectivity index (χ1n) is 8.49. The van der Waals surface area contributed by atoms with Crippen molar-refractivity contribution in [1.82, 2.24) is 14.5 Å². The fraction of sp³-hybridized carbons (Fsp3) is 0.389. The van der Waals surface area contributed by atoms with Gasteiger partial charge in [0.25, 0.3) is 5.56 Å². The molecular formula is C18H20ClN3O4. The van der Waals surface area contributed by atoms with Crippen molar-refractivity contribution in [2.45, 2.75) is 32.7 Å². The molecule has 26 heavy (non-hydrogen) atoms. The van der Waals surface area contributed by atoms with Crippen molar-refractivity contribution in [3.8, 4) is 5.69 Å². The Morgan fingerprint density at radius 1 is 1.23 bits per heavy atom. The van der Waals surface area contributed by atoms with E-state index in [4.69, 9.17) is 11.6 Å². The molecule has 2 N–H and O–H groups in total. The van der Waals surface area contributed by atoms with Crippen LogP contribution in [-0.2, 0) is 6.54 Å². The molecule has 1 saturated heterocycles. The van der Waals surface area contributed by atoms with Crippen LogP contribution in [0.25, 0.3) is 5.69 Å². The topological polar surface area (TPSA) is 95.4 Å². The minimum Gasteiger partial charge on any atom is -0.477 e. The van der Waals surface area contributed by atoms with Crippen LogP contribution in [0.15, 0.2) is 27.8 Å². The lowest BCUT2D eigenvalue weighted by Gasteiger charge is -2.26. The molecule has 0 aliphatic carbocycles. The molecule has 0 amide bonds. The molecule has 1 aliphatic rings. The lowest BCUT2D eigenvalue weighted by Crippen LogP contribution is -2.41. The Morgan fingerprint density at radius 2 is 1.92 bits per heavy atom. The number of aromatic amines is 1. The van der Waals surface area contributed by atoms with Crippen molar-refractivity contribution in [3.63, 3.8) is 0 Å². The van der Waals surface area contributed by atoms with Crippen LogP contribution in [0.1, 0.15) is 40.9 Å². The van der Waals surface area contributed by atoms with Gasteiger partial charge in [-0.1, -0.05) is 24.1 Å². The average molecular weight is 378 g/mol. The fourth-order valence-corrected chi connectivity index (χ4v) is 3.47. The summed E-state index contributed by atoms with van der Waals surface area (Å²) >= 11 is 6.12. The largest absolute Gasteiger partial charge is 0.477 e. The highest BCUT2D eigenvalue weighted by atomic mass is 35.5. The normalized spacial score (nSPS) is 15.2. The third-order valence-electron chi connectivity index (χ3n) is 4.72. The van der Waals surface area contributed by atoms with E-state index in [-0.39, 0.29) is 17.8 Å². The molecule has 1 fully saturated rings. The molecule has 2 heterocycles. The Balaban J connectivity index is 2.19. The lowest BCUT2D eigenvalue weighted by molar-refractivity contribution is 0.0686. The number of likely N-dealkylation sites (tertiary alicyclic amines) is 1. The molecule has 2 aromatic rings. The summed E-state index contributed by atoms with van der Waals surface area (Å²) in [6.07, 6.45) is 3.14. The summed E-state index contributed by atoms with van der Waals surface area (Å²) in [5, 5.41) is 9.87. The van der Waals surface area contributed by atoms with E-state index >= 15 is 0 Å². The SMILES string of the molecule is Cc1c(Cl)cccc1-n1c(=O)[nH]c(C(=O)O)c(CN2CCCCC2)c1=O. The van der Waals surface area contributed by atoms with E-state index in [1.807, 2.05) is 4.90 Å². The zero-order valence-corrected chi connectivity index (χ0v) is 15.2. The highest BCUT2D eigenvalue weighted by Gasteiger charge is 2.23. The number of halogens is 1. The minimum absolute atomic E-state index is 0.0818. The number of carbonyl (C=O) groups is 1. The Labute approximate surface area is 154 Å². The van der Waals surface area contributed by atoms with Crippen molar-refractivity contribution in [3.05, 3.63) is 60.9 Å². The smallest absolute Gasteiger partial charge is 0.352 e. The molecule has 0 bridgehead atoms. The van der Waals surface area contributed by atoms with E-state index in [1.165, 1.54) is 0 Å². The number of rotatable bonds is 4. The van der Waals surface area contributed by atoms with Gasteiger partial charge in [0.2, 0.25) is 0 Å². The van der Waals surface area contributed by atoms with Crippen molar-refractivity contribution >= 4 is 17.6 Å². The van der Waals surface area contributed by atoms with Crippen molar-refractivity contribution in [2.75, 3.05) is 13.1 Å². The molecule has 3 rings (SSSR count). The molecule has 138 valence electrons. The fourth-order valence-electron chi connectivity index (χ4n) is 3.30. The Kier molecular flexibility index (Phi) is 5.29. The van der Waals surface area contributed by atoms with Gasteiger partial charge in [-0.05, 0) is 50.6 Å². The number of aromatic nitrogens is 2. The lowest BCUT2D eigenvalue weighted by atomic mass is 10.1. The van der Waals surface area contributed by atoms with E-state index in [1.54, 1.807) is 25.1 Å². The third kappa shape index (κ3) is 3.45. The maximum absolute atomic E-state index is 13.1. The van der Waals surface area contributed by atoms with E-state index < -0.39 is 17.2 Å². The molecule has 1 aromatic heterocycles. The van der Waals surface area contributed by atoms with Gasteiger partial charge in [0.15, 0.2) is 0 Å². The highest BCUT2D eigenvalue weighted by Crippen LogP contribution is 2.20. The van der Waals surface area contributed by atoms with Gasteiger partial charge in [0.1, 0.15) is 5.69 Å². The van der Waals surface area contributed by atoms with E-state index in [0.29, 0.717) is 16.3 Å². The average Bonchev–Trinajstić information content (AvgIpc) is 2.61. The second-order valence-electron chi connectivity index (χ2n) is 6.45. The maximum Gasteiger partial charge on any atom is 0.352 e. The second-order valence-corrected chi connectivity index (χ2v) is 6.86. The monoisotopic (exact) mass is 377 g/mol. The Hall–Kier alpha value is -2.38. The number of carboxylic acids is 1. The van der Waals surface area contributed by atoms with Gasteiger partial charge in [0.05, 0.1) is 11.3 Å². The third-order valence-corrected chi connectivity index (χ3v) is 5.13. The number of aromatic carboxylic acids is 1. The molecule has 1 aliphatic heterocycles. The van der Waals surface area contributed by atoms with Gasteiger partial charge in [-0.25, -0.2) is 14.2 Å². The number of benzene rings is 1. The second kappa shape index (κ2) is 7.47. The van der Waals surface area contributed by atoms with Gasteiger partial charge in [-0.2, -0.15) is 0 Å².